The third-order valence-corrected chi connectivity index (χ3v) is 9.08. The molecular formula is C27H34ClN3O4. The van der Waals surface area contributed by atoms with Crippen molar-refractivity contribution in [1.29, 1.82) is 0 Å². The lowest BCUT2D eigenvalue weighted by Gasteiger charge is -2.43. The van der Waals surface area contributed by atoms with Gasteiger partial charge >= 0.3 is 0 Å². The number of carbonyl (C=O) groups is 1. The molecule has 2 N–H and O–H groups in total. The molecule has 6 rings (SSSR count). The van der Waals surface area contributed by atoms with Gasteiger partial charge in [0.25, 0.3) is 0 Å². The maximum absolute atomic E-state index is 12.8. The van der Waals surface area contributed by atoms with E-state index in [4.69, 9.17) is 21.1 Å². The van der Waals surface area contributed by atoms with E-state index in [1.54, 1.807) is 6.20 Å². The summed E-state index contributed by atoms with van der Waals surface area (Å²) in [5, 5.41) is 16.2. The van der Waals surface area contributed by atoms with Crippen LogP contribution in [0.4, 0.5) is 5.82 Å². The summed E-state index contributed by atoms with van der Waals surface area (Å²) in [5.74, 6) is 1.38. The number of ether oxygens (including phenoxy) is 2. The number of amides is 1. The summed E-state index contributed by atoms with van der Waals surface area (Å²) in [6.07, 6.45) is 6.63. The van der Waals surface area contributed by atoms with Gasteiger partial charge in [0.2, 0.25) is 5.91 Å². The van der Waals surface area contributed by atoms with E-state index in [-0.39, 0.29) is 23.5 Å². The Balaban J connectivity index is 1.14. The molecule has 188 valence electrons. The molecule has 0 radical (unpaired) electrons. The van der Waals surface area contributed by atoms with E-state index in [0.717, 1.165) is 73.2 Å². The number of rotatable bonds is 5. The van der Waals surface area contributed by atoms with E-state index >= 15 is 0 Å². The molecule has 0 spiro atoms. The Morgan fingerprint density at radius 3 is 2.77 bits per heavy atom. The van der Waals surface area contributed by atoms with Gasteiger partial charge in [-0.25, -0.2) is 4.98 Å². The topological polar surface area (TPSA) is 83.9 Å². The lowest BCUT2D eigenvalue weighted by Crippen LogP contribution is -2.56. The van der Waals surface area contributed by atoms with Gasteiger partial charge < -0.3 is 19.9 Å². The molecule has 1 unspecified atom stereocenters. The number of aliphatic hydroxyl groups is 1. The van der Waals surface area contributed by atoms with Gasteiger partial charge in [-0.1, -0.05) is 11.6 Å². The minimum absolute atomic E-state index is 0.0344. The fraction of sp³-hybridized carbons (Fsp3) is 0.630. The highest BCUT2D eigenvalue weighted by atomic mass is 35.5. The van der Waals surface area contributed by atoms with Crippen LogP contribution in [0, 0.1) is 11.8 Å². The number of fused-ring (bicyclic) bond motifs is 1. The number of aliphatic hydroxyl groups excluding tert-OH is 1. The zero-order valence-corrected chi connectivity index (χ0v) is 21.0. The molecule has 1 aromatic carbocycles. The van der Waals surface area contributed by atoms with Gasteiger partial charge in [0.1, 0.15) is 5.82 Å². The van der Waals surface area contributed by atoms with Gasteiger partial charge in [0.05, 0.1) is 31.0 Å². The van der Waals surface area contributed by atoms with E-state index in [9.17, 15) is 9.90 Å². The fourth-order valence-electron chi connectivity index (χ4n) is 6.31. The summed E-state index contributed by atoms with van der Waals surface area (Å²) in [6.45, 7) is 5.71. The van der Waals surface area contributed by atoms with Crippen molar-refractivity contribution < 1.29 is 19.4 Å². The number of nitrogens with one attached hydrogen (secondary N) is 1. The summed E-state index contributed by atoms with van der Waals surface area (Å²) < 4.78 is 11.3. The van der Waals surface area contributed by atoms with Crippen LogP contribution < -0.4 is 5.32 Å². The van der Waals surface area contributed by atoms with Crippen LogP contribution in [0.5, 0.6) is 0 Å². The first-order valence-corrected chi connectivity index (χ1v) is 13.3. The Hall–Kier alpha value is -1.77. The predicted molar refractivity (Wildman–Crippen MR) is 135 cm³/mol. The molecular weight excluding hydrogens is 466 g/mol. The first-order chi connectivity index (χ1) is 16.9. The van der Waals surface area contributed by atoms with E-state index in [1.165, 1.54) is 0 Å². The van der Waals surface area contributed by atoms with E-state index in [2.05, 4.69) is 28.2 Å². The standard InChI is InChI=1S/C27H34ClN3O4/c1-27(15-34-14-24(27)32)31-6-4-16(5-7-31)19-9-17-11-25(29-13-18(17)10-22(19)28)30-26(33)21-12-20(21)23-3-2-8-35-23/h9-11,13,16,20-21,23-24,32H,2-8,12,14-15H2,1H3,(H,29,30,33)/t20-,21-,23?,24+,27-/m0/s1. The molecule has 3 aliphatic heterocycles. The van der Waals surface area contributed by atoms with Gasteiger partial charge in [-0.15, -0.1) is 0 Å². The molecule has 8 heteroatoms. The zero-order chi connectivity index (χ0) is 24.2. The van der Waals surface area contributed by atoms with Crippen LogP contribution >= 0.6 is 11.6 Å². The summed E-state index contributed by atoms with van der Waals surface area (Å²) in [6, 6.07) is 6.11. The maximum Gasteiger partial charge on any atom is 0.229 e. The van der Waals surface area contributed by atoms with Gasteiger partial charge in [-0.3, -0.25) is 9.69 Å². The molecule has 1 saturated carbocycles. The minimum Gasteiger partial charge on any atom is -0.389 e. The van der Waals surface area contributed by atoms with Crippen LogP contribution in [-0.4, -0.2) is 71.6 Å². The summed E-state index contributed by atoms with van der Waals surface area (Å²) in [5.41, 5.74) is 0.845. The predicted octanol–water partition coefficient (Wildman–Crippen LogP) is 3.97. The number of carbonyl (C=O) groups excluding carboxylic acids is 1. The summed E-state index contributed by atoms with van der Waals surface area (Å²) in [7, 11) is 0. The molecule has 4 heterocycles. The van der Waals surface area contributed by atoms with Crippen LogP contribution in [0.2, 0.25) is 5.02 Å². The Morgan fingerprint density at radius 1 is 1.23 bits per heavy atom. The van der Waals surface area contributed by atoms with E-state index < -0.39 is 6.10 Å². The quantitative estimate of drug-likeness (QED) is 0.647. The minimum atomic E-state index is -0.443. The molecule has 2 aromatic rings. The molecule has 0 bridgehead atoms. The number of nitrogens with zero attached hydrogens (tertiary/aromatic N) is 2. The molecule has 1 aliphatic carbocycles. The third kappa shape index (κ3) is 4.46. The van der Waals surface area contributed by atoms with Crippen molar-refractivity contribution in [2.45, 2.75) is 62.7 Å². The Kier molecular flexibility index (Phi) is 6.26. The second-order valence-corrected chi connectivity index (χ2v) is 11.4. The van der Waals surface area contributed by atoms with Crippen molar-refractivity contribution in [3.8, 4) is 0 Å². The number of piperidine rings is 1. The van der Waals surface area contributed by atoms with Gasteiger partial charge in [-0.2, -0.15) is 0 Å². The zero-order valence-electron chi connectivity index (χ0n) is 20.2. The number of hydrogen-bond donors (Lipinski definition) is 2. The number of benzene rings is 1. The highest BCUT2D eigenvalue weighted by molar-refractivity contribution is 6.32. The lowest BCUT2D eigenvalue weighted by molar-refractivity contribution is -0.118. The van der Waals surface area contributed by atoms with Crippen LogP contribution in [-0.2, 0) is 14.3 Å². The van der Waals surface area contributed by atoms with Crippen LogP contribution in [0.15, 0.2) is 24.4 Å². The Morgan fingerprint density at radius 2 is 2.06 bits per heavy atom. The van der Waals surface area contributed by atoms with Gasteiger partial charge in [0, 0.05) is 29.1 Å². The molecule has 3 saturated heterocycles. The molecule has 4 aliphatic rings. The summed E-state index contributed by atoms with van der Waals surface area (Å²) >= 11 is 6.72. The number of likely N-dealkylation sites (tertiary alicyclic amines) is 1. The van der Waals surface area contributed by atoms with Gasteiger partial charge in [-0.05, 0) is 93.1 Å². The van der Waals surface area contributed by atoms with Crippen molar-refractivity contribution in [2.24, 2.45) is 11.8 Å². The van der Waals surface area contributed by atoms with Crippen LogP contribution in [0.25, 0.3) is 10.8 Å². The smallest absolute Gasteiger partial charge is 0.229 e. The lowest BCUT2D eigenvalue weighted by atomic mass is 9.85. The van der Waals surface area contributed by atoms with Gasteiger partial charge in [0.15, 0.2) is 0 Å². The van der Waals surface area contributed by atoms with E-state index in [0.29, 0.717) is 30.9 Å². The number of pyridine rings is 1. The number of aromatic nitrogens is 1. The average Bonchev–Trinajstić information content (AvgIpc) is 3.32. The largest absolute Gasteiger partial charge is 0.389 e. The average molecular weight is 500 g/mol. The summed E-state index contributed by atoms with van der Waals surface area (Å²) in [4.78, 5) is 19.6. The first-order valence-electron chi connectivity index (χ1n) is 12.9. The molecule has 1 amide bonds. The number of hydrogen-bond acceptors (Lipinski definition) is 6. The normalized spacial score (nSPS) is 33.9. The van der Waals surface area contributed by atoms with E-state index in [1.807, 2.05) is 12.1 Å². The molecule has 35 heavy (non-hydrogen) atoms. The van der Waals surface area contributed by atoms with Crippen molar-refractivity contribution >= 4 is 34.1 Å². The van der Waals surface area contributed by atoms with Crippen molar-refractivity contribution in [2.75, 3.05) is 38.2 Å². The number of halogens is 1. The number of anilines is 1. The highest BCUT2D eigenvalue weighted by Crippen LogP contribution is 2.46. The Bertz CT molecular complexity index is 1120. The van der Waals surface area contributed by atoms with Crippen molar-refractivity contribution in [3.05, 3.63) is 35.0 Å². The molecule has 5 atom stereocenters. The van der Waals surface area contributed by atoms with Crippen LogP contribution in [0.3, 0.4) is 0 Å². The monoisotopic (exact) mass is 499 g/mol. The highest BCUT2D eigenvalue weighted by Gasteiger charge is 2.49. The molecule has 1 aromatic heterocycles. The molecule has 7 nitrogen and oxygen atoms in total. The fourth-order valence-corrected chi connectivity index (χ4v) is 6.63. The van der Waals surface area contributed by atoms with Crippen molar-refractivity contribution in [1.82, 2.24) is 9.88 Å². The second kappa shape index (κ2) is 9.27. The third-order valence-electron chi connectivity index (χ3n) is 8.75. The second-order valence-electron chi connectivity index (χ2n) is 11.0. The van der Waals surface area contributed by atoms with Crippen molar-refractivity contribution in [3.63, 3.8) is 0 Å². The SMILES string of the molecule is C[C@]1(N2CCC(c3cc4cc(NC(=O)[C@H]5C[C@@H]5C5CCCO5)ncc4cc3Cl)CC2)COC[C@H]1O. The van der Waals surface area contributed by atoms with Crippen LogP contribution in [0.1, 0.15) is 50.5 Å². The Labute approximate surface area is 211 Å². The maximum atomic E-state index is 12.8. The molecule has 4 fully saturated rings. The first kappa shape index (κ1) is 23.6.